The highest BCUT2D eigenvalue weighted by atomic mass is 16.5. The molecule has 0 heterocycles. The van der Waals surface area contributed by atoms with Crippen LogP contribution in [0.1, 0.15) is 179 Å². The molecule has 0 bridgehead atoms. The van der Waals surface area contributed by atoms with Crippen LogP contribution in [0.15, 0.2) is 121 Å². The molecule has 0 fully saturated rings. The summed E-state index contributed by atoms with van der Waals surface area (Å²) in [5.74, 6) is -1.67. The fourth-order valence-electron chi connectivity index (χ4n) is 5.09. The Morgan fingerprint density at radius 1 is 0.305 bits per heavy atom. The molecule has 0 aromatic heterocycles. The van der Waals surface area contributed by atoms with Gasteiger partial charge in [-0.05, 0) is 120 Å². The lowest BCUT2D eigenvalue weighted by Crippen LogP contribution is -2.35. The molecule has 5 aromatic rings. The third-order valence-electron chi connectivity index (χ3n) is 9.08. The zero-order valence-electron chi connectivity index (χ0n) is 114. The van der Waals surface area contributed by atoms with E-state index in [0.29, 0.717) is 0 Å². The lowest BCUT2D eigenvalue weighted by atomic mass is 10.1. The van der Waals surface area contributed by atoms with Crippen molar-refractivity contribution in [2.45, 2.75) is 161 Å². The first kappa shape index (κ1) is 31.4. The average Bonchev–Trinajstić information content (AvgIpc) is 0.717. The molecule has 0 aliphatic carbocycles. The van der Waals surface area contributed by atoms with Gasteiger partial charge in [-0.2, -0.15) is 0 Å². The molecule has 5 aromatic carbocycles. The molecule has 0 saturated heterocycles. The third kappa shape index (κ3) is 50.5. The molecule has 0 radical (unpaired) electrons. The van der Waals surface area contributed by atoms with Crippen molar-refractivity contribution in [2.24, 2.45) is 0 Å². The van der Waals surface area contributed by atoms with Crippen LogP contribution in [0, 0.1) is 0 Å². The lowest BCUT2D eigenvalue weighted by Gasteiger charge is -2.15. The smallest absolute Gasteiger partial charge is 0.119 e. The van der Waals surface area contributed by atoms with Crippen molar-refractivity contribution in [3.63, 3.8) is 0 Å². The van der Waals surface area contributed by atoms with Gasteiger partial charge in [-0.3, -0.25) is 0 Å². The minimum absolute atomic E-state index is 0.106. The maximum Gasteiger partial charge on any atom is 0.119 e. The molecule has 10 N–H and O–H groups in total. The van der Waals surface area contributed by atoms with E-state index in [1.165, 1.54) is 19.2 Å². The van der Waals surface area contributed by atoms with Gasteiger partial charge in [-0.15, -0.1) is 0 Å². The van der Waals surface area contributed by atoms with E-state index < -0.39 is 224 Å². The van der Waals surface area contributed by atoms with Gasteiger partial charge < -0.3 is 99.5 Å². The maximum atomic E-state index is 10.4. The number of rotatable bonds is 45. The first-order chi connectivity index (χ1) is 67.9. The summed E-state index contributed by atoms with van der Waals surface area (Å²) >= 11 is 0. The Balaban J connectivity index is 0.000000971. The summed E-state index contributed by atoms with van der Waals surface area (Å²) in [4.78, 5) is 0. The van der Waals surface area contributed by atoms with E-state index in [1.54, 1.807) is 19.2 Å². The first-order valence-corrected chi connectivity index (χ1v) is 27.2. The molecule has 5 rings (SSSR count). The summed E-state index contributed by atoms with van der Waals surface area (Å²) in [5, 5.41) is 60.5. The van der Waals surface area contributed by atoms with E-state index in [0.717, 1.165) is 171 Å². The fourth-order valence-corrected chi connectivity index (χ4v) is 5.09. The zero-order chi connectivity index (χ0) is 124. The van der Waals surface area contributed by atoms with Gasteiger partial charge >= 0.3 is 0 Å². The predicted molar refractivity (Wildman–Crippen MR) is 383 cm³/mol. The number of hydrogen-bond acceptors (Lipinski definition) is 20. The van der Waals surface area contributed by atoms with Crippen molar-refractivity contribution in [2.75, 3.05) is 134 Å². The Hall–Kier alpha value is -5.50. The van der Waals surface area contributed by atoms with Crippen molar-refractivity contribution in [3.05, 3.63) is 149 Å². The molecule has 0 aliphatic heterocycles. The second kappa shape index (κ2) is 56.5. The Kier molecular flexibility index (Phi) is 18.7. The van der Waals surface area contributed by atoms with Gasteiger partial charge in [-0.1, -0.05) is 130 Å². The highest BCUT2D eigenvalue weighted by Crippen LogP contribution is 2.17. The van der Waals surface area contributed by atoms with E-state index in [9.17, 15) is 25.5 Å². The van der Waals surface area contributed by atoms with Crippen molar-refractivity contribution >= 4 is 0 Å². The molecule has 20 heteroatoms. The molecule has 20 nitrogen and oxygen atoms in total. The zero-order valence-corrected chi connectivity index (χ0v) is 53.5. The van der Waals surface area contributed by atoms with Gasteiger partial charge in [0.25, 0.3) is 0 Å². The van der Waals surface area contributed by atoms with Crippen LogP contribution in [-0.4, -0.2) is 220 Å². The van der Waals surface area contributed by atoms with E-state index >= 15 is 0 Å². The summed E-state index contributed by atoms with van der Waals surface area (Å²) < 4.78 is 509. The van der Waals surface area contributed by atoms with Crippen molar-refractivity contribution in [1.29, 1.82) is 0 Å². The van der Waals surface area contributed by atoms with Gasteiger partial charge in [-0.25, -0.2) is 0 Å². The van der Waals surface area contributed by atoms with E-state index in [2.05, 4.69) is 29.0 Å². The minimum atomic E-state index is -4.04. The number of hydrogen-bond donors (Lipinski definition) is 10. The van der Waals surface area contributed by atoms with Crippen LogP contribution in [-0.2, 0) is 55.5 Å². The van der Waals surface area contributed by atoms with E-state index in [4.69, 9.17) is 106 Å². The SMILES string of the molecule is [2H]C(C)(C)NC([2H])([2H])C([2H])(O)C([2H])([2H])Oc1ccc(C([2H])([2H])C([2H])([2H])OC)cc1.[2H]C([2H])(NC(C)C)C([2H])(O)C([2H])([2H])Oc1ccc(C([2H])([2H])C([2H])([2H])OC)cc1.[2H]C([2H])([2H])C(C)NC([2H])([2H])C([2H])(O)C([2H])([2H])Oc1ccc(C([2H])([2H])C([2H])([2H])OC)cc1.[2H]C([2H])([2H])C([2H])(C)NC([2H])([2H])C([2H])(O)C([2H])([2H])Oc1ccc(C([2H])([2H])C([2H])([2H])OC)cc1.[2H]C([2H])([2H])C([2H])(NC([2H])([2H])C([2H])(O)C([2H])([2H])Oc1ccc(C([2H])([2H])C([2H])([2H])OC)cc1)C([2H])([2H])[2H]. The maximum absolute atomic E-state index is 10.4. The van der Waals surface area contributed by atoms with Gasteiger partial charge in [0.1, 0.15) is 91.9 Å². The molecule has 95 heavy (non-hydrogen) atoms. The second-order valence-electron chi connectivity index (χ2n) is 17.7. The Morgan fingerprint density at radius 2 is 0.516 bits per heavy atom. The molecule has 540 valence electrons. The number of aryl methyl sites for hydroxylation is 5. The molecule has 7 unspecified atom stereocenters. The summed E-state index contributed by atoms with van der Waals surface area (Å²) in [6.45, 7) is -52.6. The van der Waals surface area contributed by atoms with Crippen LogP contribution < -0.4 is 50.3 Å². The number of benzene rings is 5. The quantitative estimate of drug-likeness (QED) is 0.0177. The predicted octanol–water partition coefficient (Wildman–Crippen LogP) is 8.07. The molecule has 0 saturated carbocycles. The summed E-state index contributed by atoms with van der Waals surface area (Å²) in [6.07, 6.45) is -31.1. The van der Waals surface area contributed by atoms with Crippen LogP contribution in [0.4, 0.5) is 0 Å². The van der Waals surface area contributed by atoms with Crippen LogP contribution in [0.2, 0.25) is 0 Å². The summed E-state index contributed by atoms with van der Waals surface area (Å²) in [5.41, 5.74) is -0.865. The number of aliphatic hydroxyl groups is 5. The van der Waals surface area contributed by atoms with Gasteiger partial charge in [0.15, 0.2) is 0 Å². The summed E-state index contributed by atoms with van der Waals surface area (Å²) in [7, 11) is 4.96. The first-order valence-electron chi connectivity index (χ1n) is 57.2. The largest absolute Gasteiger partial charge is 0.491 e. The van der Waals surface area contributed by atoms with Crippen molar-refractivity contribution < 1.29 is 155 Å². The molecule has 0 spiro atoms. The number of nitrogens with one attached hydrogen (secondary N) is 5. The second-order valence-corrected chi connectivity index (χ2v) is 17.7. The van der Waals surface area contributed by atoms with E-state index in [-0.39, 0.29) is 50.8 Å². The number of ether oxygens (including phenoxy) is 10. The Bertz CT molecular complexity index is 5260. The van der Waals surface area contributed by atoms with Crippen LogP contribution in [0.3, 0.4) is 0 Å². The normalized spacial score (nSPS) is 28.3. The minimum Gasteiger partial charge on any atom is -0.491 e. The monoisotopic (exact) mass is 1400 g/mol. The molecule has 7 atom stereocenters. The standard InChI is InChI=1S/5C15H25NO3/c5*1-12(2)16-10-14(17)11-19-15-6-4-13(5-7-15)8-9-18-3/h5*4-7,12,14,16-17H,8-11H2,1-3H3/i1D3,2D3,8D2,9D2,10D2,11D2,12D,14D;1D3,8D2,9D2,10D2,11D2,12D,14D;8D2,9D2,10D2,11D2,12D,14D;1D3,8D2,9D2,10D2,11D2,14D;8D2,9D2,10D2,11D2,14D. The Labute approximate surface area is 655 Å². The molecule has 0 amide bonds. The molecule has 0 aliphatic rings. The van der Waals surface area contributed by atoms with Crippen molar-refractivity contribution in [1.82, 2.24) is 26.6 Å². The van der Waals surface area contributed by atoms with Crippen LogP contribution in [0.25, 0.3) is 0 Å². The van der Waals surface area contributed by atoms with E-state index in [1.807, 2.05) is 10.6 Å². The molecular weight excluding hydrogens is 1210 g/mol. The Morgan fingerprint density at radius 3 is 0.716 bits per heavy atom. The topological polar surface area (TPSA) is 254 Å². The van der Waals surface area contributed by atoms with Crippen molar-refractivity contribution in [3.8, 4) is 28.7 Å². The average molecular weight is 1400 g/mol. The fraction of sp³-hybridized carbons (Fsp3) is 0.600. The van der Waals surface area contributed by atoms with Crippen LogP contribution >= 0.6 is 0 Å². The highest BCUT2D eigenvalue weighted by Gasteiger charge is 2.11. The molecular formula is C75H125N5O15. The lowest BCUT2D eigenvalue weighted by molar-refractivity contribution is 0.104. The van der Waals surface area contributed by atoms with Gasteiger partial charge in [0.05, 0.1) is 67.1 Å². The number of methoxy groups -OCH3 is 5. The van der Waals surface area contributed by atoms with Gasteiger partial charge in [0.2, 0.25) is 0 Å². The third-order valence-corrected chi connectivity index (χ3v) is 9.08. The summed E-state index contributed by atoms with van der Waals surface area (Å²) in [6, 6.07) is 11.1. The van der Waals surface area contributed by atoms with Gasteiger partial charge in [0, 0.05) is 146 Å². The highest BCUT2D eigenvalue weighted by molar-refractivity contribution is 5.31. The van der Waals surface area contributed by atoms with Crippen LogP contribution in [0.5, 0.6) is 28.7 Å².